The van der Waals surface area contributed by atoms with Crippen molar-refractivity contribution >= 4 is 0 Å². The Morgan fingerprint density at radius 2 is 2.25 bits per heavy atom. The SMILES string of the molecule is CCC[C@@H](N)c1nc(C2CCCc3ccccc32)no1. The Kier molecular flexibility index (Phi) is 3.83. The molecule has 4 nitrogen and oxygen atoms in total. The smallest absolute Gasteiger partial charge is 0.243 e. The van der Waals surface area contributed by atoms with Gasteiger partial charge in [-0.2, -0.15) is 4.98 Å². The molecule has 20 heavy (non-hydrogen) atoms. The Labute approximate surface area is 119 Å². The second kappa shape index (κ2) is 5.75. The predicted molar refractivity (Wildman–Crippen MR) is 77.4 cm³/mol. The lowest BCUT2D eigenvalue weighted by atomic mass is 9.82. The summed E-state index contributed by atoms with van der Waals surface area (Å²) < 4.78 is 5.36. The summed E-state index contributed by atoms with van der Waals surface area (Å²) in [4.78, 5) is 4.55. The van der Waals surface area contributed by atoms with Crippen LogP contribution in [0.1, 0.15) is 67.4 Å². The quantitative estimate of drug-likeness (QED) is 0.926. The minimum atomic E-state index is -0.139. The van der Waals surface area contributed by atoms with E-state index >= 15 is 0 Å². The number of fused-ring (bicyclic) bond motifs is 1. The van der Waals surface area contributed by atoms with Gasteiger partial charge in [-0.1, -0.05) is 42.8 Å². The predicted octanol–water partition coefficient (Wildman–Crippen LogP) is 3.34. The van der Waals surface area contributed by atoms with E-state index in [2.05, 4.69) is 41.3 Å². The van der Waals surface area contributed by atoms with Crippen LogP contribution in [-0.4, -0.2) is 10.1 Å². The zero-order valence-electron chi connectivity index (χ0n) is 11.9. The second-order valence-electron chi connectivity index (χ2n) is 5.53. The lowest BCUT2D eigenvalue weighted by Gasteiger charge is -2.22. The Hall–Kier alpha value is -1.68. The van der Waals surface area contributed by atoms with E-state index in [0.29, 0.717) is 5.89 Å². The van der Waals surface area contributed by atoms with E-state index in [1.54, 1.807) is 0 Å². The molecule has 2 aromatic rings. The first-order chi connectivity index (χ1) is 9.79. The number of nitrogens with two attached hydrogens (primary N) is 1. The van der Waals surface area contributed by atoms with Crippen LogP contribution in [0.15, 0.2) is 28.8 Å². The molecule has 1 heterocycles. The third-order valence-electron chi connectivity index (χ3n) is 4.06. The van der Waals surface area contributed by atoms with Gasteiger partial charge in [0.05, 0.1) is 6.04 Å². The van der Waals surface area contributed by atoms with Crippen LogP contribution in [0, 0.1) is 0 Å². The first-order valence-electron chi connectivity index (χ1n) is 7.46. The molecule has 0 amide bonds. The molecule has 0 radical (unpaired) electrons. The maximum absolute atomic E-state index is 6.05. The van der Waals surface area contributed by atoms with Gasteiger partial charge in [-0.05, 0) is 36.8 Å². The van der Waals surface area contributed by atoms with Crippen LogP contribution in [0.4, 0.5) is 0 Å². The van der Waals surface area contributed by atoms with E-state index in [4.69, 9.17) is 10.3 Å². The summed E-state index contributed by atoms with van der Waals surface area (Å²) in [5, 5.41) is 4.18. The van der Waals surface area contributed by atoms with E-state index in [1.807, 2.05) is 0 Å². The molecule has 1 aliphatic rings. The first kappa shape index (κ1) is 13.3. The Bertz CT molecular complexity index is 579. The van der Waals surface area contributed by atoms with Crippen LogP contribution in [0.2, 0.25) is 0 Å². The molecule has 0 aliphatic heterocycles. The lowest BCUT2D eigenvalue weighted by Crippen LogP contribution is -2.13. The average molecular weight is 271 g/mol. The Morgan fingerprint density at radius 3 is 3.10 bits per heavy atom. The van der Waals surface area contributed by atoms with Gasteiger partial charge in [0, 0.05) is 5.92 Å². The fraction of sp³-hybridized carbons (Fsp3) is 0.500. The molecule has 1 aromatic carbocycles. The molecule has 4 heteroatoms. The maximum Gasteiger partial charge on any atom is 0.243 e. The summed E-state index contributed by atoms with van der Waals surface area (Å²) in [6.07, 6.45) is 5.30. The van der Waals surface area contributed by atoms with Gasteiger partial charge in [-0.15, -0.1) is 0 Å². The van der Waals surface area contributed by atoms with Crippen LogP contribution < -0.4 is 5.73 Å². The highest BCUT2D eigenvalue weighted by Gasteiger charge is 2.26. The maximum atomic E-state index is 6.05. The average Bonchev–Trinajstić information content (AvgIpc) is 2.97. The van der Waals surface area contributed by atoms with E-state index in [9.17, 15) is 0 Å². The minimum Gasteiger partial charge on any atom is -0.338 e. The third-order valence-corrected chi connectivity index (χ3v) is 4.06. The minimum absolute atomic E-state index is 0.139. The van der Waals surface area contributed by atoms with Crippen molar-refractivity contribution in [2.45, 2.75) is 51.0 Å². The molecule has 106 valence electrons. The fourth-order valence-corrected chi connectivity index (χ4v) is 3.00. The van der Waals surface area contributed by atoms with Crippen LogP contribution in [0.25, 0.3) is 0 Å². The van der Waals surface area contributed by atoms with Gasteiger partial charge in [-0.3, -0.25) is 0 Å². The van der Waals surface area contributed by atoms with Crippen molar-refractivity contribution in [1.29, 1.82) is 0 Å². The Balaban J connectivity index is 1.87. The molecule has 0 spiro atoms. The van der Waals surface area contributed by atoms with Gasteiger partial charge in [0.15, 0.2) is 5.82 Å². The Morgan fingerprint density at radius 1 is 1.40 bits per heavy atom. The highest BCUT2D eigenvalue weighted by Crippen LogP contribution is 2.35. The normalized spacial score (nSPS) is 19.6. The van der Waals surface area contributed by atoms with Gasteiger partial charge in [0.1, 0.15) is 0 Å². The number of rotatable bonds is 4. The van der Waals surface area contributed by atoms with Gasteiger partial charge in [0.2, 0.25) is 5.89 Å². The number of aromatic nitrogens is 2. The molecule has 2 atom stereocenters. The van der Waals surface area contributed by atoms with Gasteiger partial charge in [0.25, 0.3) is 0 Å². The molecule has 0 bridgehead atoms. The van der Waals surface area contributed by atoms with Crippen LogP contribution in [-0.2, 0) is 6.42 Å². The summed E-state index contributed by atoms with van der Waals surface area (Å²) in [5.74, 6) is 1.62. The topological polar surface area (TPSA) is 64.9 Å². The lowest BCUT2D eigenvalue weighted by molar-refractivity contribution is 0.342. The molecule has 1 aromatic heterocycles. The van der Waals surface area contributed by atoms with E-state index in [-0.39, 0.29) is 12.0 Å². The van der Waals surface area contributed by atoms with Gasteiger partial charge >= 0.3 is 0 Å². The fourth-order valence-electron chi connectivity index (χ4n) is 3.00. The molecule has 0 saturated carbocycles. The van der Waals surface area contributed by atoms with E-state index in [0.717, 1.165) is 31.5 Å². The van der Waals surface area contributed by atoms with Crippen LogP contribution in [0.3, 0.4) is 0 Å². The van der Waals surface area contributed by atoms with E-state index in [1.165, 1.54) is 17.5 Å². The molecule has 0 fully saturated rings. The van der Waals surface area contributed by atoms with Crippen molar-refractivity contribution in [3.8, 4) is 0 Å². The molecular weight excluding hydrogens is 250 g/mol. The molecule has 1 aliphatic carbocycles. The number of benzene rings is 1. The molecule has 2 N–H and O–H groups in total. The summed E-state index contributed by atoms with van der Waals surface area (Å²) in [6, 6.07) is 8.42. The number of hydrogen-bond acceptors (Lipinski definition) is 4. The first-order valence-corrected chi connectivity index (χ1v) is 7.46. The zero-order valence-corrected chi connectivity index (χ0v) is 11.9. The number of nitrogens with zero attached hydrogens (tertiary/aromatic N) is 2. The summed E-state index contributed by atoms with van der Waals surface area (Å²) in [6.45, 7) is 2.11. The monoisotopic (exact) mass is 271 g/mol. The van der Waals surface area contributed by atoms with Gasteiger partial charge in [-0.25, -0.2) is 0 Å². The second-order valence-corrected chi connectivity index (χ2v) is 5.53. The van der Waals surface area contributed by atoms with Gasteiger partial charge < -0.3 is 10.3 Å². The van der Waals surface area contributed by atoms with Crippen molar-refractivity contribution in [2.24, 2.45) is 5.73 Å². The van der Waals surface area contributed by atoms with Crippen molar-refractivity contribution in [3.05, 3.63) is 47.1 Å². The highest BCUT2D eigenvalue weighted by atomic mass is 16.5. The highest BCUT2D eigenvalue weighted by molar-refractivity contribution is 5.36. The van der Waals surface area contributed by atoms with Crippen molar-refractivity contribution in [1.82, 2.24) is 10.1 Å². The van der Waals surface area contributed by atoms with Crippen LogP contribution in [0.5, 0.6) is 0 Å². The summed E-state index contributed by atoms with van der Waals surface area (Å²) in [5.41, 5.74) is 8.80. The molecule has 3 rings (SSSR count). The summed E-state index contributed by atoms with van der Waals surface area (Å²) >= 11 is 0. The molecule has 0 saturated heterocycles. The third kappa shape index (κ3) is 2.48. The zero-order chi connectivity index (χ0) is 13.9. The standard InChI is InChI=1S/C16H21N3O/c1-2-6-14(17)16-18-15(19-20-16)13-10-5-8-11-7-3-4-9-12(11)13/h3-4,7,9,13-14H,2,5-6,8,10,17H2,1H3/t13?,14-/m1/s1. The van der Waals surface area contributed by atoms with Crippen molar-refractivity contribution in [2.75, 3.05) is 0 Å². The summed E-state index contributed by atoms with van der Waals surface area (Å²) in [7, 11) is 0. The van der Waals surface area contributed by atoms with Crippen molar-refractivity contribution < 1.29 is 4.52 Å². The largest absolute Gasteiger partial charge is 0.338 e. The number of aryl methyl sites for hydroxylation is 1. The molecule has 1 unspecified atom stereocenters. The van der Waals surface area contributed by atoms with Crippen LogP contribution >= 0.6 is 0 Å². The van der Waals surface area contributed by atoms with E-state index < -0.39 is 0 Å². The van der Waals surface area contributed by atoms with Crippen molar-refractivity contribution in [3.63, 3.8) is 0 Å². The molecular formula is C16H21N3O. The number of hydrogen-bond donors (Lipinski definition) is 1.